The first kappa shape index (κ1) is 16.1. The molecule has 4 nitrogen and oxygen atoms in total. The SMILES string of the molecule is COc1c(CNC2(c3ccccc3)CCC2)c(C(C)C)nn1C. The number of ether oxygens (including phenoxy) is 1. The number of hydrogen-bond acceptors (Lipinski definition) is 3. The molecule has 4 heteroatoms. The molecule has 1 fully saturated rings. The number of nitrogens with one attached hydrogen (secondary N) is 1. The van der Waals surface area contributed by atoms with E-state index < -0.39 is 0 Å². The van der Waals surface area contributed by atoms with Gasteiger partial charge in [0.1, 0.15) is 0 Å². The highest BCUT2D eigenvalue weighted by Crippen LogP contribution is 2.42. The molecule has 0 unspecified atom stereocenters. The molecule has 1 aromatic heterocycles. The third-order valence-electron chi connectivity index (χ3n) is 5.00. The Morgan fingerprint density at radius 3 is 2.48 bits per heavy atom. The van der Waals surface area contributed by atoms with Gasteiger partial charge in [0.25, 0.3) is 0 Å². The summed E-state index contributed by atoms with van der Waals surface area (Å²) in [7, 11) is 3.67. The van der Waals surface area contributed by atoms with Crippen LogP contribution in [0.5, 0.6) is 5.88 Å². The first-order valence-electron chi connectivity index (χ1n) is 8.48. The number of methoxy groups -OCH3 is 1. The lowest BCUT2D eigenvalue weighted by Gasteiger charge is -2.43. The largest absolute Gasteiger partial charge is 0.481 e. The van der Waals surface area contributed by atoms with Gasteiger partial charge < -0.3 is 10.1 Å². The van der Waals surface area contributed by atoms with E-state index in [9.17, 15) is 0 Å². The molecule has 1 aromatic carbocycles. The minimum atomic E-state index is 0.108. The van der Waals surface area contributed by atoms with Crippen molar-refractivity contribution in [2.45, 2.75) is 51.1 Å². The van der Waals surface area contributed by atoms with Gasteiger partial charge in [-0.3, -0.25) is 0 Å². The molecule has 3 rings (SSSR count). The summed E-state index contributed by atoms with van der Waals surface area (Å²) in [4.78, 5) is 0. The van der Waals surface area contributed by atoms with Gasteiger partial charge in [-0.2, -0.15) is 5.10 Å². The average molecular weight is 313 g/mol. The number of aromatic nitrogens is 2. The lowest BCUT2D eigenvalue weighted by molar-refractivity contribution is 0.182. The van der Waals surface area contributed by atoms with Crippen molar-refractivity contribution in [1.29, 1.82) is 0 Å². The maximum Gasteiger partial charge on any atom is 0.216 e. The van der Waals surface area contributed by atoms with Gasteiger partial charge in [0.05, 0.1) is 18.4 Å². The molecule has 0 amide bonds. The Bertz CT molecular complexity index is 657. The van der Waals surface area contributed by atoms with E-state index in [1.807, 2.05) is 11.7 Å². The highest BCUT2D eigenvalue weighted by molar-refractivity contribution is 5.35. The van der Waals surface area contributed by atoms with Crippen molar-refractivity contribution in [2.24, 2.45) is 7.05 Å². The molecule has 23 heavy (non-hydrogen) atoms. The molecular formula is C19H27N3O. The Hall–Kier alpha value is -1.81. The molecule has 1 aliphatic carbocycles. The molecule has 0 spiro atoms. The van der Waals surface area contributed by atoms with Crippen LogP contribution in [0, 0.1) is 0 Å². The lowest BCUT2D eigenvalue weighted by atomic mass is 9.71. The summed E-state index contributed by atoms with van der Waals surface area (Å²) in [5.41, 5.74) is 3.81. The summed E-state index contributed by atoms with van der Waals surface area (Å²) in [6, 6.07) is 10.8. The highest BCUT2D eigenvalue weighted by Gasteiger charge is 2.38. The molecule has 1 saturated carbocycles. The summed E-state index contributed by atoms with van der Waals surface area (Å²) >= 11 is 0. The number of rotatable bonds is 6. The van der Waals surface area contributed by atoms with Crippen molar-refractivity contribution in [2.75, 3.05) is 7.11 Å². The summed E-state index contributed by atoms with van der Waals surface area (Å²) < 4.78 is 7.44. The highest BCUT2D eigenvalue weighted by atomic mass is 16.5. The van der Waals surface area contributed by atoms with E-state index in [-0.39, 0.29) is 5.54 Å². The van der Waals surface area contributed by atoms with Gasteiger partial charge in [0.15, 0.2) is 0 Å². The first-order valence-corrected chi connectivity index (χ1v) is 8.48. The van der Waals surface area contributed by atoms with E-state index in [0.29, 0.717) is 5.92 Å². The van der Waals surface area contributed by atoms with Crippen LogP contribution in [0.15, 0.2) is 30.3 Å². The van der Waals surface area contributed by atoms with Gasteiger partial charge >= 0.3 is 0 Å². The van der Waals surface area contributed by atoms with Crippen molar-refractivity contribution >= 4 is 0 Å². The van der Waals surface area contributed by atoms with Crippen molar-refractivity contribution in [3.05, 3.63) is 47.2 Å². The Balaban J connectivity index is 1.85. The Morgan fingerprint density at radius 2 is 1.96 bits per heavy atom. The molecule has 0 aliphatic heterocycles. The molecule has 0 bridgehead atoms. The minimum absolute atomic E-state index is 0.108. The fourth-order valence-electron chi connectivity index (χ4n) is 3.57. The zero-order valence-electron chi connectivity index (χ0n) is 14.6. The monoisotopic (exact) mass is 313 g/mol. The molecule has 0 radical (unpaired) electrons. The zero-order valence-corrected chi connectivity index (χ0v) is 14.6. The number of aryl methyl sites for hydroxylation is 1. The Morgan fingerprint density at radius 1 is 1.26 bits per heavy atom. The molecule has 124 valence electrons. The van der Waals surface area contributed by atoms with Crippen LogP contribution in [-0.2, 0) is 19.1 Å². The quantitative estimate of drug-likeness (QED) is 0.883. The molecule has 0 atom stereocenters. The van der Waals surface area contributed by atoms with Gasteiger partial charge in [-0.15, -0.1) is 0 Å². The second kappa shape index (κ2) is 6.36. The maximum atomic E-state index is 5.59. The van der Waals surface area contributed by atoms with Crippen LogP contribution < -0.4 is 10.1 Å². The predicted octanol–water partition coefficient (Wildman–Crippen LogP) is 3.72. The van der Waals surface area contributed by atoms with Crippen LogP contribution in [0.2, 0.25) is 0 Å². The van der Waals surface area contributed by atoms with Crippen LogP contribution in [0.3, 0.4) is 0 Å². The molecule has 2 aromatic rings. The van der Waals surface area contributed by atoms with Crippen LogP contribution in [0.4, 0.5) is 0 Å². The van der Waals surface area contributed by atoms with E-state index in [0.717, 1.165) is 18.1 Å². The summed E-state index contributed by atoms with van der Waals surface area (Å²) in [6.07, 6.45) is 3.66. The number of nitrogens with zero attached hydrogens (tertiary/aromatic N) is 2. The molecule has 1 aliphatic rings. The number of benzene rings is 1. The predicted molar refractivity (Wildman–Crippen MR) is 92.7 cm³/mol. The smallest absolute Gasteiger partial charge is 0.216 e. The van der Waals surface area contributed by atoms with Crippen molar-refractivity contribution < 1.29 is 4.74 Å². The Kier molecular flexibility index (Phi) is 4.44. The second-order valence-electron chi connectivity index (χ2n) is 6.81. The standard InChI is InChI=1S/C19H27N3O/c1-14(2)17-16(18(23-4)22(3)21-17)13-20-19(11-8-12-19)15-9-6-5-7-10-15/h5-7,9-10,14,20H,8,11-13H2,1-4H3. The fourth-order valence-corrected chi connectivity index (χ4v) is 3.57. The van der Waals surface area contributed by atoms with Gasteiger partial charge in [-0.05, 0) is 30.7 Å². The van der Waals surface area contributed by atoms with Crippen LogP contribution >= 0.6 is 0 Å². The van der Waals surface area contributed by atoms with E-state index in [4.69, 9.17) is 4.74 Å². The molecule has 1 N–H and O–H groups in total. The first-order chi connectivity index (χ1) is 11.1. The minimum Gasteiger partial charge on any atom is -0.481 e. The van der Waals surface area contributed by atoms with Crippen molar-refractivity contribution in [3.8, 4) is 5.88 Å². The van der Waals surface area contributed by atoms with E-state index in [1.54, 1.807) is 7.11 Å². The van der Waals surface area contributed by atoms with Crippen molar-refractivity contribution in [1.82, 2.24) is 15.1 Å². The average Bonchev–Trinajstić information content (AvgIpc) is 2.83. The fraction of sp³-hybridized carbons (Fsp3) is 0.526. The summed E-state index contributed by atoms with van der Waals surface area (Å²) in [6.45, 7) is 5.16. The summed E-state index contributed by atoms with van der Waals surface area (Å²) in [5.74, 6) is 1.25. The normalized spacial score (nSPS) is 16.4. The molecular weight excluding hydrogens is 286 g/mol. The second-order valence-corrected chi connectivity index (χ2v) is 6.81. The third kappa shape index (κ3) is 2.88. The van der Waals surface area contributed by atoms with E-state index >= 15 is 0 Å². The van der Waals surface area contributed by atoms with Gasteiger partial charge in [-0.1, -0.05) is 44.2 Å². The molecule has 0 saturated heterocycles. The van der Waals surface area contributed by atoms with Crippen LogP contribution in [0.25, 0.3) is 0 Å². The summed E-state index contributed by atoms with van der Waals surface area (Å²) in [5, 5.41) is 8.47. The zero-order chi connectivity index (χ0) is 16.4. The van der Waals surface area contributed by atoms with Crippen molar-refractivity contribution in [3.63, 3.8) is 0 Å². The lowest BCUT2D eigenvalue weighted by Crippen LogP contribution is -2.47. The topological polar surface area (TPSA) is 39.1 Å². The van der Waals surface area contributed by atoms with E-state index in [1.165, 1.54) is 30.4 Å². The van der Waals surface area contributed by atoms with Gasteiger partial charge in [0.2, 0.25) is 5.88 Å². The van der Waals surface area contributed by atoms with E-state index in [2.05, 4.69) is 54.6 Å². The molecule has 1 heterocycles. The van der Waals surface area contributed by atoms with Crippen LogP contribution in [0.1, 0.15) is 55.8 Å². The van der Waals surface area contributed by atoms with Gasteiger partial charge in [0, 0.05) is 19.1 Å². The Labute approximate surface area is 138 Å². The van der Waals surface area contributed by atoms with Gasteiger partial charge in [-0.25, -0.2) is 4.68 Å². The number of hydrogen-bond donors (Lipinski definition) is 1. The third-order valence-corrected chi connectivity index (χ3v) is 5.00. The maximum absolute atomic E-state index is 5.59. The van der Waals surface area contributed by atoms with Crippen LogP contribution in [-0.4, -0.2) is 16.9 Å².